The van der Waals surface area contributed by atoms with Crippen molar-refractivity contribution < 1.29 is 19.8 Å². The van der Waals surface area contributed by atoms with E-state index < -0.39 is 5.97 Å². The summed E-state index contributed by atoms with van der Waals surface area (Å²) in [7, 11) is 0. The van der Waals surface area contributed by atoms with Crippen LogP contribution in [0.15, 0.2) is 24.3 Å². The molecule has 20 heavy (non-hydrogen) atoms. The first-order chi connectivity index (χ1) is 9.49. The largest absolute Gasteiger partial charge is 0.508 e. The van der Waals surface area contributed by atoms with Gasteiger partial charge in [0.1, 0.15) is 5.75 Å². The van der Waals surface area contributed by atoms with E-state index in [1.807, 2.05) is 6.92 Å². The van der Waals surface area contributed by atoms with Crippen LogP contribution in [0.5, 0.6) is 5.75 Å². The van der Waals surface area contributed by atoms with Crippen LogP contribution < -0.4 is 4.90 Å². The summed E-state index contributed by atoms with van der Waals surface area (Å²) >= 11 is 0. The fraction of sp³-hybridized carbons (Fsp3) is 0.429. The smallest absolute Gasteiger partial charge is 0.324 e. The maximum atomic E-state index is 12.4. The molecule has 0 unspecified atom stereocenters. The quantitative estimate of drug-likeness (QED) is 0.836. The Hall–Kier alpha value is -2.24. The minimum atomic E-state index is -0.934. The summed E-state index contributed by atoms with van der Waals surface area (Å²) in [5.41, 5.74) is 0.589. The Bertz CT molecular complexity index is 476. The normalized spacial score (nSPS) is 10.1. The molecule has 0 aliphatic carbocycles. The van der Waals surface area contributed by atoms with Crippen molar-refractivity contribution in [1.82, 2.24) is 4.90 Å². The Morgan fingerprint density at radius 2 is 1.90 bits per heavy atom. The number of carbonyl (C=O) groups is 2. The number of nitrogens with zero attached hydrogens (tertiary/aromatic N) is 2. The third kappa shape index (κ3) is 4.15. The van der Waals surface area contributed by atoms with Gasteiger partial charge in [0.2, 0.25) is 0 Å². The number of phenols is 1. The Kier molecular flexibility index (Phi) is 5.83. The van der Waals surface area contributed by atoms with Crippen LogP contribution >= 0.6 is 0 Å². The van der Waals surface area contributed by atoms with E-state index in [9.17, 15) is 14.7 Å². The van der Waals surface area contributed by atoms with E-state index in [4.69, 9.17) is 5.11 Å². The van der Waals surface area contributed by atoms with Gasteiger partial charge >= 0.3 is 12.0 Å². The van der Waals surface area contributed by atoms with Crippen molar-refractivity contribution in [3.8, 4) is 5.75 Å². The van der Waals surface area contributed by atoms with Crippen molar-refractivity contribution in [3.05, 3.63) is 24.3 Å². The average Bonchev–Trinajstić information content (AvgIpc) is 2.40. The van der Waals surface area contributed by atoms with Crippen LogP contribution in [0.2, 0.25) is 0 Å². The predicted molar refractivity (Wildman–Crippen MR) is 76.0 cm³/mol. The summed E-state index contributed by atoms with van der Waals surface area (Å²) in [6, 6.07) is 6.16. The van der Waals surface area contributed by atoms with Crippen molar-refractivity contribution in [1.29, 1.82) is 0 Å². The highest BCUT2D eigenvalue weighted by Crippen LogP contribution is 2.21. The van der Waals surface area contributed by atoms with E-state index in [0.717, 1.165) is 0 Å². The summed E-state index contributed by atoms with van der Waals surface area (Å²) in [4.78, 5) is 26.0. The molecule has 0 heterocycles. The zero-order chi connectivity index (χ0) is 15.1. The van der Waals surface area contributed by atoms with Gasteiger partial charge in [0.15, 0.2) is 0 Å². The lowest BCUT2D eigenvalue weighted by atomic mass is 10.2. The number of aromatic hydroxyl groups is 1. The number of urea groups is 1. The highest BCUT2D eigenvalue weighted by atomic mass is 16.4. The van der Waals surface area contributed by atoms with Crippen LogP contribution in [0.1, 0.15) is 20.3 Å². The Morgan fingerprint density at radius 1 is 1.20 bits per heavy atom. The molecule has 0 atom stereocenters. The first-order valence-electron chi connectivity index (χ1n) is 6.56. The molecule has 6 heteroatoms. The van der Waals surface area contributed by atoms with Gasteiger partial charge in [-0.3, -0.25) is 9.69 Å². The molecule has 2 N–H and O–H groups in total. The van der Waals surface area contributed by atoms with E-state index in [2.05, 4.69) is 0 Å². The molecule has 0 spiro atoms. The number of benzene rings is 1. The van der Waals surface area contributed by atoms with Crippen molar-refractivity contribution in [2.45, 2.75) is 20.3 Å². The molecule has 0 saturated carbocycles. The zero-order valence-electron chi connectivity index (χ0n) is 11.7. The van der Waals surface area contributed by atoms with Gasteiger partial charge < -0.3 is 15.1 Å². The Labute approximate surface area is 118 Å². The molecule has 1 rings (SSSR count). The summed E-state index contributed by atoms with van der Waals surface area (Å²) in [5.74, 6) is -0.848. The summed E-state index contributed by atoms with van der Waals surface area (Å²) in [6.45, 7) is 4.66. The summed E-state index contributed by atoms with van der Waals surface area (Å²) < 4.78 is 0. The molecule has 0 saturated heterocycles. The number of rotatable bonds is 6. The fourth-order valence-corrected chi connectivity index (χ4v) is 1.88. The van der Waals surface area contributed by atoms with Gasteiger partial charge in [0.25, 0.3) is 0 Å². The SMILES string of the molecule is CCN(CCC(=O)O)C(=O)N(CC)c1cccc(O)c1. The Morgan fingerprint density at radius 3 is 2.40 bits per heavy atom. The minimum absolute atomic E-state index is 0.0855. The molecule has 110 valence electrons. The third-order valence-corrected chi connectivity index (χ3v) is 2.94. The number of hydrogen-bond acceptors (Lipinski definition) is 3. The first kappa shape index (κ1) is 15.8. The second-order valence-corrected chi connectivity index (χ2v) is 4.27. The molecule has 2 amide bonds. The monoisotopic (exact) mass is 280 g/mol. The lowest BCUT2D eigenvalue weighted by Gasteiger charge is -2.29. The molecular formula is C14H20N2O4. The molecule has 0 radical (unpaired) electrons. The van der Waals surface area contributed by atoms with Crippen LogP contribution in [-0.2, 0) is 4.79 Å². The number of carbonyl (C=O) groups excluding carboxylic acids is 1. The van der Waals surface area contributed by atoms with E-state index in [0.29, 0.717) is 18.8 Å². The Balaban J connectivity index is 2.87. The van der Waals surface area contributed by atoms with E-state index >= 15 is 0 Å². The average molecular weight is 280 g/mol. The van der Waals surface area contributed by atoms with Crippen LogP contribution in [0.25, 0.3) is 0 Å². The van der Waals surface area contributed by atoms with Gasteiger partial charge in [0.05, 0.1) is 6.42 Å². The zero-order valence-corrected chi connectivity index (χ0v) is 11.7. The molecular weight excluding hydrogens is 260 g/mol. The van der Waals surface area contributed by atoms with Crippen LogP contribution in [0, 0.1) is 0 Å². The van der Waals surface area contributed by atoms with Crippen LogP contribution in [0.4, 0.5) is 10.5 Å². The molecule has 1 aromatic rings. The van der Waals surface area contributed by atoms with Crippen molar-refractivity contribution >= 4 is 17.7 Å². The van der Waals surface area contributed by atoms with Gasteiger partial charge in [-0.25, -0.2) is 4.79 Å². The minimum Gasteiger partial charge on any atom is -0.508 e. The molecule has 0 fully saturated rings. The number of amides is 2. The van der Waals surface area contributed by atoms with Gasteiger partial charge in [-0.05, 0) is 26.0 Å². The predicted octanol–water partition coefficient (Wildman–Crippen LogP) is 2.14. The summed E-state index contributed by atoms with van der Waals surface area (Å²) in [5, 5.41) is 18.2. The fourth-order valence-electron chi connectivity index (χ4n) is 1.88. The third-order valence-electron chi connectivity index (χ3n) is 2.94. The number of hydrogen-bond donors (Lipinski definition) is 2. The molecule has 0 aromatic heterocycles. The second kappa shape index (κ2) is 7.37. The highest BCUT2D eigenvalue weighted by molar-refractivity contribution is 5.92. The second-order valence-electron chi connectivity index (χ2n) is 4.27. The van der Waals surface area contributed by atoms with E-state index in [-0.39, 0.29) is 24.7 Å². The van der Waals surface area contributed by atoms with Gasteiger partial charge in [-0.1, -0.05) is 6.07 Å². The first-order valence-corrected chi connectivity index (χ1v) is 6.56. The molecule has 1 aromatic carbocycles. The maximum absolute atomic E-state index is 12.4. The number of phenolic OH excluding ortho intramolecular Hbond substituents is 1. The molecule has 0 aliphatic rings. The lowest BCUT2D eigenvalue weighted by molar-refractivity contribution is -0.137. The highest BCUT2D eigenvalue weighted by Gasteiger charge is 2.20. The van der Waals surface area contributed by atoms with Gasteiger partial charge in [-0.2, -0.15) is 0 Å². The number of aliphatic carboxylic acids is 1. The standard InChI is InChI=1S/C14H20N2O4/c1-3-15(9-8-13(18)19)14(20)16(4-2)11-6-5-7-12(17)10-11/h5-7,10,17H,3-4,8-9H2,1-2H3,(H,18,19). The molecule has 0 aliphatic heterocycles. The van der Waals surface area contributed by atoms with Crippen LogP contribution in [0.3, 0.4) is 0 Å². The number of carboxylic acid groups (broad SMARTS) is 1. The van der Waals surface area contributed by atoms with Gasteiger partial charge in [-0.15, -0.1) is 0 Å². The van der Waals surface area contributed by atoms with Crippen LogP contribution in [-0.4, -0.2) is 46.7 Å². The maximum Gasteiger partial charge on any atom is 0.324 e. The van der Waals surface area contributed by atoms with Crippen molar-refractivity contribution in [2.24, 2.45) is 0 Å². The number of carboxylic acids is 1. The van der Waals surface area contributed by atoms with Crippen molar-refractivity contribution in [2.75, 3.05) is 24.5 Å². The molecule has 0 bridgehead atoms. The van der Waals surface area contributed by atoms with Gasteiger partial charge in [0, 0.05) is 31.4 Å². The number of anilines is 1. The molecule has 6 nitrogen and oxygen atoms in total. The summed E-state index contributed by atoms with van der Waals surface area (Å²) in [6.07, 6.45) is -0.0861. The lowest BCUT2D eigenvalue weighted by Crippen LogP contribution is -2.44. The van der Waals surface area contributed by atoms with E-state index in [1.54, 1.807) is 19.1 Å². The topological polar surface area (TPSA) is 81.1 Å². The van der Waals surface area contributed by atoms with E-state index in [1.165, 1.54) is 21.9 Å². The van der Waals surface area contributed by atoms with Crippen molar-refractivity contribution in [3.63, 3.8) is 0 Å².